The first-order valence-electron chi connectivity index (χ1n) is 5.71. The van der Waals surface area contributed by atoms with Gasteiger partial charge in [-0.1, -0.05) is 12.1 Å². The van der Waals surface area contributed by atoms with E-state index in [0.717, 1.165) is 0 Å². The van der Waals surface area contributed by atoms with Crippen LogP contribution >= 0.6 is 0 Å². The van der Waals surface area contributed by atoms with E-state index >= 15 is 0 Å². The molecule has 1 aromatic rings. The molecule has 0 fully saturated rings. The van der Waals surface area contributed by atoms with Gasteiger partial charge in [-0.3, -0.25) is 9.59 Å². The molecule has 0 saturated carbocycles. The Labute approximate surface area is 113 Å². The van der Waals surface area contributed by atoms with Crippen molar-refractivity contribution in [2.75, 3.05) is 18.9 Å². The molecule has 3 N–H and O–H groups in total. The van der Waals surface area contributed by atoms with Gasteiger partial charge in [0.1, 0.15) is 0 Å². The molecule has 2 amide bonds. The maximum absolute atomic E-state index is 12.1. The van der Waals surface area contributed by atoms with Gasteiger partial charge in [0, 0.05) is 19.3 Å². The summed E-state index contributed by atoms with van der Waals surface area (Å²) < 4.78 is 36.3. The highest BCUT2D eigenvalue weighted by atomic mass is 19.4. The van der Waals surface area contributed by atoms with Crippen LogP contribution in [0.1, 0.15) is 5.56 Å². The fraction of sp³-hybridized carbons (Fsp3) is 0.333. The second-order valence-corrected chi connectivity index (χ2v) is 3.93. The Morgan fingerprint density at radius 2 is 1.95 bits per heavy atom. The molecule has 0 bridgehead atoms. The number of halogens is 3. The molecule has 0 aliphatic heterocycles. The molecule has 0 heterocycles. The van der Waals surface area contributed by atoms with Crippen LogP contribution in [0.3, 0.4) is 0 Å². The number of hydrogen-bond acceptors (Lipinski definition) is 3. The van der Waals surface area contributed by atoms with Gasteiger partial charge in [-0.2, -0.15) is 13.2 Å². The average Bonchev–Trinajstić information content (AvgIpc) is 2.38. The summed E-state index contributed by atoms with van der Waals surface area (Å²) in [6.07, 6.45) is -4.92. The topological polar surface area (TPSA) is 70.2 Å². The normalized spacial score (nSPS) is 11.0. The minimum absolute atomic E-state index is 0.0477. The van der Waals surface area contributed by atoms with Crippen LogP contribution in [0, 0.1) is 0 Å². The highest BCUT2D eigenvalue weighted by molar-refractivity contribution is 5.94. The molecule has 1 rings (SSSR count). The molecule has 1 aromatic carbocycles. The van der Waals surface area contributed by atoms with E-state index in [9.17, 15) is 22.8 Å². The summed E-state index contributed by atoms with van der Waals surface area (Å²) in [5.41, 5.74) is 0.695. The zero-order valence-electron chi connectivity index (χ0n) is 10.7. The lowest BCUT2D eigenvalue weighted by molar-refractivity contribution is -0.167. The number of benzene rings is 1. The van der Waals surface area contributed by atoms with Gasteiger partial charge in [-0.15, -0.1) is 0 Å². The smallest absolute Gasteiger partial charge is 0.358 e. The van der Waals surface area contributed by atoms with Crippen LogP contribution in [0.15, 0.2) is 24.3 Å². The summed E-state index contributed by atoms with van der Waals surface area (Å²) in [6.45, 7) is 0.388. The number of anilines is 1. The molecule has 0 aliphatic carbocycles. The number of carbonyl (C=O) groups is 2. The van der Waals surface area contributed by atoms with Gasteiger partial charge in [-0.25, -0.2) is 0 Å². The van der Waals surface area contributed by atoms with Gasteiger partial charge in [-0.05, 0) is 17.7 Å². The quantitative estimate of drug-likeness (QED) is 0.758. The maximum atomic E-state index is 12.1. The zero-order valence-corrected chi connectivity index (χ0v) is 10.7. The summed E-state index contributed by atoms with van der Waals surface area (Å²) in [6, 6.07) is 5.94. The number of hydrogen-bond donors (Lipinski definition) is 3. The third-order valence-corrected chi connectivity index (χ3v) is 2.34. The molecule has 5 nitrogen and oxygen atoms in total. The summed E-state index contributed by atoms with van der Waals surface area (Å²) >= 11 is 0. The number of rotatable bonds is 5. The Hall–Kier alpha value is -2.09. The monoisotopic (exact) mass is 289 g/mol. The predicted molar refractivity (Wildman–Crippen MR) is 66.9 cm³/mol. The van der Waals surface area contributed by atoms with Crippen molar-refractivity contribution in [3.8, 4) is 0 Å². The molecule has 8 heteroatoms. The summed E-state index contributed by atoms with van der Waals surface area (Å²) in [5.74, 6) is -2.22. The van der Waals surface area contributed by atoms with Crippen LogP contribution in [0.5, 0.6) is 0 Å². The lowest BCUT2D eigenvalue weighted by atomic mass is 10.2. The molecular weight excluding hydrogens is 275 g/mol. The van der Waals surface area contributed by atoms with Crippen LogP contribution in [-0.2, 0) is 16.1 Å². The summed E-state index contributed by atoms with van der Waals surface area (Å²) in [4.78, 5) is 21.8. The number of likely N-dealkylation sites (N-methyl/N-ethyl adjacent to an activating group) is 1. The van der Waals surface area contributed by atoms with Crippen LogP contribution in [0.25, 0.3) is 0 Å². The average molecular weight is 289 g/mol. The first-order chi connectivity index (χ1) is 9.32. The Balaban J connectivity index is 2.58. The Bertz CT molecular complexity index is 489. The molecule has 0 aliphatic rings. The first kappa shape index (κ1) is 16.0. The van der Waals surface area contributed by atoms with E-state index in [2.05, 4.69) is 10.6 Å². The van der Waals surface area contributed by atoms with E-state index in [4.69, 9.17) is 0 Å². The number of alkyl halides is 3. The minimum atomic E-state index is -4.92. The van der Waals surface area contributed by atoms with Crippen molar-refractivity contribution in [1.82, 2.24) is 10.6 Å². The van der Waals surface area contributed by atoms with E-state index in [-0.39, 0.29) is 18.1 Å². The molecule has 110 valence electrons. The fourth-order valence-corrected chi connectivity index (χ4v) is 1.37. The molecule has 0 unspecified atom stereocenters. The van der Waals surface area contributed by atoms with E-state index in [1.165, 1.54) is 25.2 Å². The third-order valence-electron chi connectivity index (χ3n) is 2.34. The lowest BCUT2D eigenvalue weighted by Gasteiger charge is -2.09. The van der Waals surface area contributed by atoms with Crippen LogP contribution in [-0.4, -0.2) is 31.6 Å². The highest BCUT2D eigenvalue weighted by Crippen LogP contribution is 2.18. The highest BCUT2D eigenvalue weighted by Gasteiger charge is 2.38. The van der Waals surface area contributed by atoms with Crippen molar-refractivity contribution in [3.05, 3.63) is 29.8 Å². The van der Waals surface area contributed by atoms with E-state index in [1.54, 1.807) is 11.4 Å². The van der Waals surface area contributed by atoms with Gasteiger partial charge in [0.05, 0.1) is 6.54 Å². The predicted octanol–water partition coefficient (Wildman–Crippen LogP) is 1.02. The molecule has 20 heavy (non-hydrogen) atoms. The van der Waals surface area contributed by atoms with E-state index in [0.29, 0.717) is 12.1 Å². The largest absolute Gasteiger partial charge is 0.471 e. The SMILES string of the molecule is CNC(=O)CNCc1cccc(NC(=O)C(F)(F)F)c1. The van der Waals surface area contributed by atoms with Gasteiger partial charge in [0.2, 0.25) is 5.91 Å². The van der Waals surface area contributed by atoms with Gasteiger partial charge in [0.25, 0.3) is 0 Å². The first-order valence-corrected chi connectivity index (χ1v) is 5.71. The molecule has 0 saturated heterocycles. The van der Waals surface area contributed by atoms with Crippen molar-refractivity contribution in [1.29, 1.82) is 0 Å². The fourth-order valence-electron chi connectivity index (χ4n) is 1.37. The summed E-state index contributed by atoms with van der Waals surface area (Å²) in [7, 11) is 1.50. The van der Waals surface area contributed by atoms with Crippen molar-refractivity contribution in [2.24, 2.45) is 0 Å². The number of nitrogens with one attached hydrogen (secondary N) is 3. The minimum Gasteiger partial charge on any atom is -0.358 e. The molecule has 0 aromatic heterocycles. The van der Waals surface area contributed by atoms with Crippen LogP contribution in [0.2, 0.25) is 0 Å². The van der Waals surface area contributed by atoms with Gasteiger partial charge in [0.15, 0.2) is 0 Å². The zero-order chi connectivity index (χ0) is 15.2. The van der Waals surface area contributed by atoms with E-state index in [1.807, 2.05) is 0 Å². The van der Waals surface area contributed by atoms with Gasteiger partial charge < -0.3 is 16.0 Å². The Kier molecular flexibility index (Phi) is 5.51. The maximum Gasteiger partial charge on any atom is 0.471 e. The lowest BCUT2D eigenvalue weighted by Crippen LogP contribution is -2.31. The number of amides is 2. The van der Waals surface area contributed by atoms with E-state index < -0.39 is 12.1 Å². The number of carbonyl (C=O) groups excluding carboxylic acids is 2. The summed E-state index contributed by atoms with van der Waals surface area (Å²) in [5, 5.41) is 7.00. The van der Waals surface area contributed by atoms with Crippen molar-refractivity contribution >= 4 is 17.5 Å². The Morgan fingerprint density at radius 1 is 1.25 bits per heavy atom. The van der Waals surface area contributed by atoms with Crippen molar-refractivity contribution in [3.63, 3.8) is 0 Å². The van der Waals surface area contributed by atoms with Crippen LogP contribution < -0.4 is 16.0 Å². The molecule has 0 spiro atoms. The van der Waals surface area contributed by atoms with Crippen molar-refractivity contribution < 1.29 is 22.8 Å². The standard InChI is InChI=1S/C12H14F3N3O2/c1-16-10(19)7-17-6-8-3-2-4-9(5-8)18-11(20)12(13,14)15/h2-5,17H,6-7H2,1H3,(H,16,19)(H,18,20). The molecule has 0 radical (unpaired) electrons. The van der Waals surface area contributed by atoms with Crippen molar-refractivity contribution in [2.45, 2.75) is 12.7 Å². The molecular formula is C12H14F3N3O2. The Morgan fingerprint density at radius 3 is 2.55 bits per heavy atom. The van der Waals surface area contributed by atoms with Gasteiger partial charge >= 0.3 is 12.1 Å². The van der Waals surface area contributed by atoms with Crippen LogP contribution in [0.4, 0.5) is 18.9 Å². The second kappa shape index (κ2) is 6.90. The molecule has 0 atom stereocenters. The second-order valence-electron chi connectivity index (χ2n) is 3.93. The third kappa shape index (κ3) is 5.27.